The van der Waals surface area contributed by atoms with E-state index in [-0.39, 0.29) is 17.1 Å². The molecule has 8 heteroatoms. The van der Waals surface area contributed by atoms with Gasteiger partial charge >= 0.3 is 0 Å². The van der Waals surface area contributed by atoms with Crippen molar-refractivity contribution in [3.8, 4) is 0 Å². The van der Waals surface area contributed by atoms with Crippen molar-refractivity contribution in [1.82, 2.24) is 4.31 Å². The van der Waals surface area contributed by atoms with E-state index in [0.717, 1.165) is 15.4 Å². The molecule has 0 aliphatic carbocycles. The molecule has 162 valence electrons. The van der Waals surface area contributed by atoms with E-state index in [2.05, 4.69) is 21.2 Å². The molecule has 1 N–H and O–H groups in total. The summed E-state index contributed by atoms with van der Waals surface area (Å²) in [6, 6.07) is 20.1. The minimum absolute atomic E-state index is 0.0102. The Morgan fingerprint density at radius 1 is 1.03 bits per heavy atom. The summed E-state index contributed by atoms with van der Waals surface area (Å²) < 4.78 is 42.2. The molecule has 0 unspecified atom stereocenters. The van der Waals surface area contributed by atoms with E-state index in [4.69, 9.17) is 0 Å². The maximum Gasteiger partial charge on any atom is 0.243 e. The standard InChI is InChI=1S/C23H22BrFN2O3S/c1-17-7-10-20(11-8-17)31(29,30)27(14-13-18-5-3-2-4-6-18)16-23(28)26-22-12-9-19(24)15-21(22)25/h2-12,15H,13-14,16H2,1H3,(H,26,28). The van der Waals surface area contributed by atoms with E-state index < -0.39 is 28.3 Å². The van der Waals surface area contributed by atoms with Crippen molar-refractivity contribution in [2.75, 3.05) is 18.4 Å². The molecule has 0 aliphatic rings. The Labute approximate surface area is 190 Å². The first kappa shape index (κ1) is 23.1. The van der Waals surface area contributed by atoms with Crippen molar-refractivity contribution in [2.24, 2.45) is 0 Å². The lowest BCUT2D eigenvalue weighted by molar-refractivity contribution is -0.116. The van der Waals surface area contributed by atoms with Gasteiger partial charge in [0.2, 0.25) is 15.9 Å². The molecule has 0 aromatic heterocycles. The van der Waals surface area contributed by atoms with Crippen LogP contribution in [0.15, 0.2) is 82.2 Å². The van der Waals surface area contributed by atoms with Crippen LogP contribution < -0.4 is 5.32 Å². The molecule has 0 spiro atoms. The first-order valence-electron chi connectivity index (χ1n) is 9.61. The maximum atomic E-state index is 14.1. The fourth-order valence-electron chi connectivity index (χ4n) is 2.98. The van der Waals surface area contributed by atoms with Crippen molar-refractivity contribution in [3.63, 3.8) is 0 Å². The third-order valence-electron chi connectivity index (χ3n) is 4.68. The number of hydrogen-bond acceptors (Lipinski definition) is 3. The Hall–Kier alpha value is -2.55. The highest BCUT2D eigenvalue weighted by Crippen LogP contribution is 2.21. The number of aryl methyl sites for hydroxylation is 1. The summed E-state index contributed by atoms with van der Waals surface area (Å²) in [7, 11) is -3.92. The van der Waals surface area contributed by atoms with Gasteiger partial charge in [-0.2, -0.15) is 4.31 Å². The van der Waals surface area contributed by atoms with Crippen LogP contribution in [0, 0.1) is 12.7 Å². The number of nitrogens with one attached hydrogen (secondary N) is 1. The topological polar surface area (TPSA) is 66.5 Å². The van der Waals surface area contributed by atoms with Gasteiger partial charge in [0.05, 0.1) is 17.1 Å². The van der Waals surface area contributed by atoms with Crippen LogP contribution in [0.5, 0.6) is 0 Å². The Kier molecular flexibility index (Phi) is 7.59. The number of sulfonamides is 1. The third-order valence-corrected chi connectivity index (χ3v) is 7.03. The SMILES string of the molecule is Cc1ccc(S(=O)(=O)N(CCc2ccccc2)CC(=O)Nc2ccc(Br)cc2F)cc1. The second kappa shape index (κ2) is 10.2. The smallest absolute Gasteiger partial charge is 0.243 e. The molecule has 0 bridgehead atoms. The molecule has 3 aromatic carbocycles. The minimum Gasteiger partial charge on any atom is -0.322 e. The number of benzene rings is 3. The Morgan fingerprint density at radius 3 is 2.35 bits per heavy atom. The number of carbonyl (C=O) groups is 1. The number of amides is 1. The summed E-state index contributed by atoms with van der Waals surface area (Å²) in [5, 5.41) is 2.46. The van der Waals surface area contributed by atoms with Gasteiger partial charge in [-0.15, -0.1) is 0 Å². The molecule has 1 amide bonds. The lowest BCUT2D eigenvalue weighted by Crippen LogP contribution is -2.39. The molecule has 0 heterocycles. The molecular formula is C23H22BrFN2O3S. The summed E-state index contributed by atoms with van der Waals surface area (Å²) in [5.74, 6) is -1.23. The van der Waals surface area contributed by atoms with Gasteiger partial charge in [-0.25, -0.2) is 12.8 Å². The maximum absolute atomic E-state index is 14.1. The van der Waals surface area contributed by atoms with Gasteiger partial charge in [-0.1, -0.05) is 64.0 Å². The van der Waals surface area contributed by atoms with Crippen LogP contribution in [0.3, 0.4) is 0 Å². The summed E-state index contributed by atoms with van der Waals surface area (Å²) in [6.07, 6.45) is 0.436. The Morgan fingerprint density at radius 2 is 1.71 bits per heavy atom. The van der Waals surface area contributed by atoms with Gasteiger partial charge in [0.25, 0.3) is 0 Å². The monoisotopic (exact) mass is 504 g/mol. The van der Waals surface area contributed by atoms with Crippen molar-refractivity contribution in [3.05, 3.63) is 94.2 Å². The molecule has 0 radical (unpaired) electrons. The predicted molar refractivity (Wildman–Crippen MR) is 123 cm³/mol. The minimum atomic E-state index is -3.92. The first-order chi connectivity index (χ1) is 14.8. The van der Waals surface area contributed by atoms with Gasteiger partial charge in [0, 0.05) is 11.0 Å². The van der Waals surface area contributed by atoms with Crippen LogP contribution >= 0.6 is 15.9 Å². The first-order valence-corrected chi connectivity index (χ1v) is 11.8. The van der Waals surface area contributed by atoms with Crippen LogP contribution in [0.4, 0.5) is 10.1 Å². The van der Waals surface area contributed by atoms with Crippen LogP contribution in [0.25, 0.3) is 0 Å². The highest BCUT2D eigenvalue weighted by molar-refractivity contribution is 9.10. The van der Waals surface area contributed by atoms with E-state index in [1.54, 1.807) is 18.2 Å². The average Bonchev–Trinajstić information content (AvgIpc) is 2.74. The second-order valence-electron chi connectivity index (χ2n) is 7.06. The molecule has 0 aliphatic heterocycles. The largest absolute Gasteiger partial charge is 0.322 e. The fourth-order valence-corrected chi connectivity index (χ4v) is 4.71. The highest BCUT2D eigenvalue weighted by atomic mass is 79.9. The number of anilines is 1. The molecule has 0 fully saturated rings. The fraction of sp³-hybridized carbons (Fsp3) is 0.174. The zero-order valence-corrected chi connectivity index (χ0v) is 19.3. The average molecular weight is 505 g/mol. The number of hydrogen-bond donors (Lipinski definition) is 1. The van der Waals surface area contributed by atoms with E-state index in [0.29, 0.717) is 10.9 Å². The Balaban J connectivity index is 1.82. The lowest BCUT2D eigenvalue weighted by Gasteiger charge is -2.22. The van der Waals surface area contributed by atoms with E-state index in [9.17, 15) is 17.6 Å². The van der Waals surface area contributed by atoms with Crippen molar-refractivity contribution in [2.45, 2.75) is 18.2 Å². The molecule has 3 rings (SSSR count). The molecule has 3 aromatic rings. The third kappa shape index (κ3) is 6.22. The summed E-state index contributed by atoms with van der Waals surface area (Å²) >= 11 is 3.16. The molecule has 0 atom stereocenters. The van der Waals surface area contributed by atoms with Crippen molar-refractivity contribution in [1.29, 1.82) is 0 Å². The summed E-state index contributed by atoms with van der Waals surface area (Å²) in [5.41, 5.74) is 1.87. The van der Waals surface area contributed by atoms with E-state index in [1.165, 1.54) is 24.3 Å². The van der Waals surface area contributed by atoms with Gasteiger partial charge < -0.3 is 5.32 Å². The highest BCUT2D eigenvalue weighted by Gasteiger charge is 2.26. The van der Waals surface area contributed by atoms with Crippen LogP contribution in [0.2, 0.25) is 0 Å². The number of carbonyl (C=O) groups excluding carboxylic acids is 1. The van der Waals surface area contributed by atoms with Crippen LogP contribution in [-0.2, 0) is 21.2 Å². The Bertz CT molecular complexity index is 1150. The summed E-state index contributed by atoms with van der Waals surface area (Å²) in [4.78, 5) is 12.7. The number of nitrogens with zero attached hydrogens (tertiary/aromatic N) is 1. The number of halogens is 2. The quantitative estimate of drug-likeness (QED) is 0.480. The predicted octanol–water partition coefficient (Wildman–Crippen LogP) is 4.77. The van der Waals surface area contributed by atoms with Crippen LogP contribution in [-0.4, -0.2) is 31.7 Å². The van der Waals surface area contributed by atoms with Gasteiger partial charge in [0.1, 0.15) is 5.82 Å². The van der Waals surface area contributed by atoms with Crippen molar-refractivity contribution >= 4 is 37.5 Å². The summed E-state index contributed by atoms with van der Waals surface area (Å²) in [6.45, 7) is 1.54. The molecule has 0 saturated heterocycles. The van der Waals surface area contributed by atoms with E-state index >= 15 is 0 Å². The van der Waals surface area contributed by atoms with Gasteiger partial charge in [0.15, 0.2) is 0 Å². The zero-order chi connectivity index (χ0) is 22.4. The molecule has 0 saturated carbocycles. The van der Waals surface area contributed by atoms with Crippen molar-refractivity contribution < 1.29 is 17.6 Å². The normalized spacial score (nSPS) is 11.5. The van der Waals surface area contributed by atoms with Gasteiger partial charge in [-0.05, 0) is 49.2 Å². The molecular weight excluding hydrogens is 483 g/mol. The molecule has 31 heavy (non-hydrogen) atoms. The van der Waals surface area contributed by atoms with E-state index in [1.807, 2.05) is 37.3 Å². The van der Waals surface area contributed by atoms with Crippen LogP contribution in [0.1, 0.15) is 11.1 Å². The van der Waals surface area contributed by atoms with Gasteiger partial charge in [-0.3, -0.25) is 4.79 Å². The number of rotatable bonds is 8. The second-order valence-corrected chi connectivity index (χ2v) is 9.91. The lowest BCUT2D eigenvalue weighted by atomic mass is 10.1. The zero-order valence-electron chi connectivity index (χ0n) is 16.9. The molecule has 5 nitrogen and oxygen atoms in total.